The van der Waals surface area contributed by atoms with Crippen LogP contribution < -0.4 is 0 Å². The number of carbonyl (C=O) groups excluding carboxylic acids is 1. The van der Waals surface area contributed by atoms with Gasteiger partial charge in [-0.1, -0.05) is 49.6 Å². The fourth-order valence-corrected chi connectivity index (χ4v) is 5.89. The van der Waals surface area contributed by atoms with Crippen LogP contribution in [0.1, 0.15) is 73.7 Å². The Morgan fingerprint density at radius 1 is 0.909 bits per heavy atom. The smallest absolute Gasteiger partial charge is 0.162 e. The minimum absolute atomic E-state index is 0. The molecule has 0 bridgehead atoms. The lowest BCUT2D eigenvalue weighted by atomic mass is 9.65. The van der Waals surface area contributed by atoms with Gasteiger partial charge in [-0.05, 0) is 93.4 Å². The Balaban J connectivity index is 0.00000306. The summed E-state index contributed by atoms with van der Waals surface area (Å²) in [4.78, 5) is 14.8. The lowest BCUT2D eigenvalue weighted by Gasteiger charge is -2.47. The SMILES string of the molecule is Cl.O=C(CCCN1CCC(C(O)(c2ccccc2)C2CCCCC2)CC1)c1ccc(F)cc1. The van der Waals surface area contributed by atoms with Crippen molar-refractivity contribution in [2.45, 2.75) is 63.4 Å². The Morgan fingerprint density at radius 3 is 2.15 bits per heavy atom. The largest absolute Gasteiger partial charge is 0.385 e. The van der Waals surface area contributed by atoms with Crippen LogP contribution >= 0.6 is 12.4 Å². The molecule has 5 heteroatoms. The first kappa shape index (κ1) is 25.9. The number of Topliss-reactive ketones (excluding diaryl/α,β-unsaturated/α-hetero) is 1. The number of piperidine rings is 1. The lowest BCUT2D eigenvalue weighted by molar-refractivity contribution is -0.105. The van der Waals surface area contributed by atoms with Gasteiger partial charge in [0.05, 0.1) is 5.60 Å². The quantitative estimate of drug-likeness (QED) is 0.451. The van der Waals surface area contributed by atoms with Crippen LogP contribution in [0.25, 0.3) is 0 Å². The highest BCUT2D eigenvalue weighted by atomic mass is 35.5. The Hall–Kier alpha value is -1.75. The van der Waals surface area contributed by atoms with Gasteiger partial charge in [0.25, 0.3) is 0 Å². The second-order valence-corrected chi connectivity index (χ2v) is 9.68. The van der Waals surface area contributed by atoms with Crippen LogP contribution in [0.5, 0.6) is 0 Å². The van der Waals surface area contributed by atoms with Crippen molar-refractivity contribution in [3.05, 3.63) is 71.5 Å². The number of carbonyl (C=O) groups is 1. The average Bonchev–Trinajstić information content (AvgIpc) is 2.85. The number of halogens is 2. The molecule has 33 heavy (non-hydrogen) atoms. The number of rotatable bonds is 8. The van der Waals surface area contributed by atoms with Gasteiger partial charge in [-0.3, -0.25) is 4.79 Å². The molecule has 1 saturated carbocycles. The normalized spacial score (nSPS) is 20.1. The van der Waals surface area contributed by atoms with Gasteiger partial charge in [-0.15, -0.1) is 12.4 Å². The van der Waals surface area contributed by atoms with Crippen molar-refractivity contribution in [2.24, 2.45) is 11.8 Å². The summed E-state index contributed by atoms with van der Waals surface area (Å²) >= 11 is 0. The van der Waals surface area contributed by atoms with Crippen molar-refractivity contribution in [1.82, 2.24) is 4.90 Å². The molecule has 1 aliphatic heterocycles. The van der Waals surface area contributed by atoms with Gasteiger partial charge in [0.1, 0.15) is 5.82 Å². The summed E-state index contributed by atoms with van der Waals surface area (Å²) in [6.45, 7) is 2.83. The molecule has 0 amide bonds. The molecule has 2 aromatic rings. The maximum Gasteiger partial charge on any atom is 0.162 e. The Morgan fingerprint density at radius 2 is 1.52 bits per heavy atom. The zero-order valence-electron chi connectivity index (χ0n) is 19.4. The van der Waals surface area contributed by atoms with Gasteiger partial charge < -0.3 is 10.0 Å². The van der Waals surface area contributed by atoms with Crippen molar-refractivity contribution >= 4 is 18.2 Å². The molecule has 0 aromatic heterocycles. The Labute approximate surface area is 203 Å². The van der Waals surface area contributed by atoms with Crippen LogP contribution in [0.3, 0.4) is 0 Å². The van der Waals surface area contributed by atoms with E-state index in [0.717, 1.165) is 57.3 Å². The first-order chi connectivity index (χ1) is 15.6. The summed E-state index contributed by atoms with van der Waals surface area (Å²) < 4.78 is 13.1. The van der Waals surface area contributed by atoms with Crippen molar-refractivity contribution in [2.75, 3.05) is 19.6 Å². The summed E-state index contributed by atoms with van der Waals surface area (Å²) in [5.74, 6) is 0.400. The van der Waals surface area contributed by atoms with E-state index in [9.17, 15) is 14.3 Å². The van der Waals surface area contributed by atoms with E-state index in [1.54, 1.807) is 12.1 Å². The third kappa shape index (κ3) is 6.23. The number of hydrogen-bond acceptors (Lipinski definition) is 3. The predicted octanol–water partition coefficient (Wildman–Crippen LogP) is 6.39. The third-order valence-corrected chi connectivity index (χ3v) is 7.72. The molecule has 1 saturated heterocycles. The summed E-state index contributed by atoms with van der Waals surface area (Å²) in [5.41, 5.74) is 0.951. The molecule has 0 radical (unpaired) electrons. The van der Waals surface area contributed by atoms with Crippen molar-refractivity contribution in [3.8, 4) is 0 Å². The Kier molecular flexibility index (Phi) is 9.48. The fraction of sp³-hybridized carbons (Fsp3) is 0.536. The number of nitrogens with zero attached hydrogens (tertiary/aromatic N) is 1. The van der Waals surface area contributed by atoms with Crippen LogP contribution in [0.4, 0.5) is 4.39 Å². The molecule has 2 aromatic carbocycles. The van der Waals surface area contributed by atoms with Crippen molar-refractivity contribution < 1.29 is 14.3 Å². The third-order valence-electron chi connectivity index (χ3n) is 7.72. The fourth-order valence-electron chi connectivity index (χ4n) is 5.89. The van der Waals surface area contributed by atoms with E-state index in [-0.39, 0.29) is 29.9 Å². The van der Waals surface area contributed by atoms with Gasteiger partial charge in [0.15, 0.2) is 5.78 Å². The van der Waals surface area contributed by atoms with Gasteiger partial charge in [0.2, 0.25) is 0 Å². The molecule has 1 atom stereocenters. The van der Waals surface area contributed by atoms with E-state index >= 15 is 0 Å². The van der Waals surface area contributed by atoms with Gasteiger partial charge in [-0.25, -0.2) is 4.39 Å². The molecule has 180 valence electrons. The second-order valence-electron chi connectivity index (χ2n) is 9.68. The highest BCUT2D eigenvalue weighted by Gasteiger charge is 2.46. The van der Waals surface area contributed by atoms with Crippen LogP contribution in [-0.4, -0.2) is 35.4 Å². The number of likely N-dealkylation sites (tertiary alicyclic amines) is 1. The van der Waals surface area contributed by atoms with E-state index < -0.39 is 5.60 Å². The zero-order chi connectivity index (χ0) is 22.4. The molecule has 1 unspecified atom stereocenters. The molecule has 0 spiro atoms. The summed E-state index contributed by atoms with van der Waals surface area (Å²) in [7, 11) is 0. The molecule has 1 N–H and O–H groups in total. The minimum atomic E-state index is -0.730. The number of hydrogen-bond donors (Lipinski definition) is 1. The topological polar surface area (TPSA) is 40.5 Å². The summed E-state index contributed by atoms with van der Waals surface area (Å²) in [5, 5.41) is 12.1. The van der Waals surface area contributed by atoms with Crippen molar-refractivity contribution in [1.29, 1.82) is 0 Å². The standard InChI is InChI=1S/C28H36FNO2.ClH/c29-26-15-13-22(14-16-26)27(31)12-7-19-30-20-17-25(18-21-30)28(32,23-8-3-1-4-9-23)24-10-5-2-6-11-24;/h1,3-4,8-9,13-16,24-25,32H,2,5-7,10-12,17-21H2;1H. The molecule has 3 nitrogen and oxygen atoms in total. The van der Waals surface area contributed by atoms with E-state index in [2.05, 4.69) is 29.2 Å². The van der Waals surface area contributed by atoms with Crippen LogP contribution in [0.15, 0.2) is 54.6 Å². The van der Waals surface area contributed by atoms with Gasteiger partial charge in [-0.2, -0.15) is 0 Å². The van der Waals surface area contributed by atoms with Crippen LogP contribution in [0, 0.1) is 17.7 Å². The monoisotopic (exact) mass is 473 g/mol. The highest BCUT2D eigenvalue weighted by molar-refractivity contribution is 5.95. The van der Waals surface area contributed by atoms with Crippen molar-refractivity contribution in [3.63, 3.8) is 0 Å². The second kappa shape index (κ2) is 12.1. The first-order valence-electron chi connectivity index (χ1n) is 12.4. The lowest BCUT2D eigenvalue weighted by Crippen LogP contribution is -2.48. The number of ketones is 1. The molecule has 2 fully saturated rings. The van der Waals surface area contributed by atoms with E-state index in [1.807, 2.05) is 6.07 Å². The van der Waals surface area contributed by atoms with E-state index in [4.69, 9.17) is 0 Å². The molecule has 4 rings (SSSR count). The van der Waals surface area contributed by atoms with Gasteiger partial charge in [0, 0.05) is 12.0 Å². The summed E-state index contributed by atoms with van der Waals surface area (Å²) in [6.07, 6.45) is 9.27. The van der Waals surface area contributed by atoms with Crippen LogP contribution in [-0.2, 0) is 5.60 Å². The maximum absolute atomic E-state index is 13.1. The van der Waals surface area contributed by atoms with E-state index in [1.165, 1.54) is 31.4 Å². The molecule has 1 aliphatic carbocycles. The molecule has 1 heterocycles. The predicted molar refractivity (Wildman–Crippen MR) is 133 cm³/mol. The average molecular weight is 474 g/mol. The first-order valence-corrected chi connectivity index (χ1v) is 12.4. The Bertz CT molecular complexity index is 861. The number of benzene rings is 2. The molecule has 2 aliphatic rings. The molecular formula is C28H37ClFNO2. The van der Waals surface area contributed by atoms with Crippen LogP contribution in [0.2, 0.25) is 0 Å². The maximum atomic E-state index is 13.1. The number of aliphatic hydroxyl groups is 1. The minimum Gasteiger partial charge on any atom is -0.385 e. The molecular weight excluding hydrogens is 437 g/mol. The zero-order valence-corrected chi connectivity index (χ0v) is 20.2. The summed E-state index contributed by atoms with van der Waals surface area (Å²) in [6, 6.07) is 16.2. The highest BCUT2D eigenvalue weighted by Crippen LogP contribution is 2.47. The van der Waals surface area contributed by atoms with Gasteiger partial charge >= 0.3 is 0 Å². The van der Waals surface area contributed by atoms with E-state index in [0.29, 0.717) is 17.9 Å².